The lowest BCUT2D eigenvalue weighted by Gasteiger charge is -2.30. The van der Waals surface area contributed by atoms with Gasteiger partial charge in [-0.15, -0.1) is 5.10 Å². The van der Waals surface area contributed by atoms with E-state index in [1.807, 2.05) is 38.1 Å². The van der Waals surface area contributed by atoms with Crippen molar-refractivity contribution in [1.82, 2.24) is 20.1 Å². The zero-order valence-electron chi connectivity index (χ0n) is 13.9. The van der Waals surface area contributed by atoms with E-state index in [0.29, 0.717) is 18.1 Å². The SMILES string of the molecule is CCC(CO)N(Cc1ccccc1C)C(=O)CSc1n[nH]c(N)n1. The molecule has 7 nitrogen and oxygen atoms in total. The molecule has 0 aliphatic rings. The molecule has 4 N–H and O–H groups in total. The fourth-order valence-electron chi connectivity index (χ4n) is 2.37. The number of benzene rings is 1. The number of nitrogen functional groups attached to an aromatic ring is 1. The summed E-state index contributed by atoms with van der Waals surface area (Å²) in [4.78, 5) is 18.4. The number of aliphatic hydroxyl groups is 1. The number of aryl methyl sites for hydroxylation is 1. The van der Waals surface area contributed by atoms with Crippen LogP contribution in [0.15, 0.2) is 29.4 Å². The molecule has 0 aliphatic carbocycles. The summed E-state index contributed by atoms with van der Waals surface area (Å²) in [7, 11) is 0. The van der Waals surface area contributed by atoms with E-state index in [0.717, 1.165) is 11.1 Å². The van der Waals surface area contributed by atoms with Gasteiger partial charge >= 0.3 is 0 Å². The van der Waals surface area contributed by atoms with Crippen molar-refractivity contribution >= 4 is 23.6 Å². The Kier molecular flexibility index (Phi) is 6.62. The van der Waals surface area contributed by atoms with Crippen LogP contribution in [0.5, 0.6) is 0 Å². The Hall–Kier alpha value is -2.06. The Bertz CT molecular complexity index is 672. The number of rotatable bonds is 8. The monoisotopic (exact) mass is 349 g/mol. The third-order valence-electron chi connectivity index (χ3n) is 3.85. The van der Waals surface area contributed by atoms with E-state index in [9.17, 15) is 9.90 Å². The second-order valence-corrected chi connectivity index (χ2v) is 6.43. The van der Waals surface area contributed by atoms with Crippen molar-refractivity contribution in [1.29, 1.82) is 0 Å². The maximum Gasteiger partial charge on any atom is 0.233 e. The molecular formula is C16H23N5O2S. The Labute approximate surface area is 145 Å². The van der Waals surface area contributed by atoms with E-state index in [4.69, 9.17) is 5.73 Å². The normalized spacial score (nSPS) is 12.1. The van der Waals surface area contributed by atoms with Crippen molar-refractivity contribution < 1.29 is 9.90 Å². The minimum absolute atomic E-state index is 0.0625. The van der Waals surface area contributed by atoms with Crippen molar-refractivity contribution in [3.05, 3.63) is 35.4 Å². The Balaban J connectivity index is 2.09. The van der Waals surface area contributed by atoms with Gasteiger partial charge in [-0.05, 0) is 24.5 Å². The summed E-state index contributed by atoms with van der Waals surface area (Å²) in [6.45, 7) is 4.39. The highest BCUT2D eigenvalue weighted by atomic mass is 32.2. The molecule has 1 aromatic carbocycles. The number of hydrogen-bond acceptors (Lipinski definition) is 6. The fourth-order valence-corrected chi connectivity index (χ4v) is 3.06. The summed E-state index contributed by atoms with van der Waals surface area (Å²) >= 11 is 1.22. The van der Waals surface area contributed by atoms with Gasteiger partial charge in [0, 0.05) is 6.54 Å². The summed E-state index contributed by atoms with van der Waals surface area (Å²) in [5.41, 5.74) is 7.68. The highest BCUT2D eigenvalue weighted by Gasteiger charge is 2.23. The van der Waals surface area contributed by atoms with Gasteiger partial charge < -0.3 is 15.7 Å². The topological polar surface area (TPSA) is 108 Å². The number of aliphatic hydroxyl groups excluding tert-OH is 1. The number of nitrogens with one attached hydrogen (secondary N) is 1. The molecule has 2 rings (SSSR count). The predicted octanol–water partition coefficient (Wildman–Crippen LogP) is 1.59. The third-order valence-corrected chi connectivity index (χ3v) is 4.68. The summed E-state index contributed by atoms with van der Waals surface area (Å²) in [5.74, 6) is 0.357. The molecule has 0 bridgehead atoms. The number of carbonyl (C=O) groups is 1. The Morgan fingerprint density at radius 1 is 1.46 bits per heavy atom. The molecule has 1 atom stereocenters. The molecule has 1 aromatic heterocycles. The molecule has 0 spiro atoms. The van der Waals surface area contributed by atoms with Gasteiger partial charge in [-0.1, -0.05) is 43.0 Å². The maximum absolute atomic E-state index is 12.7. The quantitative estimate of drug-likeness (QED) is 0.625. The van der Waals surface area contributed by atoms with Gasteiger partial charge in [-0.25, -0.2) is 5.10 Å². The number of aromatic amines is 1. The first kappa shape index (κ1) is 18.3. The van der Waals surface area contributed by atoms with E-state index in [-0.39, 0.29) is 30.3 Å². The van der Waals surface area contributed by atoms with Crippen LogP contribution in [0.3, 0.4) is 0 Å². The van der Waals surface area contributed by atoms with E-state index < -0.39 is 0 Å². The number of thioether (sulfide) groups is 1. The molecule has 2 aromatic rings. The van der Waals surface area contributed by atoms with E-state index >= 15 is 0 Å². The van der Waals surface area contributed by atoms with Crippen molar-refractivity contribution in [2.24, 2.45) is 0 Å². The number of aromatic nitrogens is 3. The maximum atomic E-state index is 12.7. The molecule has 8 heteroatoms. The molecule has 1 unspecified atom stereocenters. The molecule has 130 valence electrons. The van der Waals surface area contributed by atoms with Crippen molar-refractivity contribution in [3.63, 3.8) is 0 Å². The van der Waals surface area contributed by atoms with Gasteiger partial charge in [0.1, 0.15) is 0 Å². The van der Waals surface area contributed by atoms with Gasteiger partial charge in [0.2, 0.25) is 17.0 Å². The van der Waals surface area contributed by atoms with E-state index in [2.05, 4.69) is 15.2 Å². The molecule has 0 saturated heterocycles. The average molecular weight is 349 g/mol. The van der Waals surface area contributed by atoms with Crippen LogP contribution in [-0.2, 0) is 11.3 Å². The fraction of sp³-hybridized carbons (Fsp3) is 0.438. The average Bonchev–Trinajstić information content (AvgIpc) is 3.00. The number of carbonyl (C=O) groups excluding carboxylic acids is 1. The number of nitrogens with zero attached hydrogens (tertiary/aromatic N) is 3. The molecule has 0 radical (unpaired) electrons. The largest absolute Gasteiger partial charge is 0.394 e. The van der Waals surface area contributed by atoms with Crippen LogP contribution in [0.1, 0.15) is 24.5 Å². The van der Waals surface area contributed by atoms with E-state index in [1.165, 1.54) is 11.8 Å². The van der Waals surface area contributed by atoms with Gasteiger partial charge in [0.25, 0.3) is 0 Å². The first-order valence-electron chi connectivity index (χ1n) is 7.80. The van der Waals surface area contributed by atoms with Crippen LogP contribution in [0.4, 0.5) is 5.95 Å². The standard InChI is InChI=1S/C16H23N5O2S/c1-3-13(9-22)21(8-12-7-5-4-6-11(12)2)14(23)10-24-16-18-15(17)19-20-16/h4-7,13,22H,3,8-10H2,1-2H3,(H3,17,18,19,20). The lowest BCUT2D eigenvalue weighted by molar-refractivity contribution is -0.132. The number of amides is 1. The highest BCUT2D eigenvalue weighted by Crippen LogP contribution is 2.18. The number of hydrogen-bond donors (Lipinski definition) is 3. The lowest BCUT2D eigenvalue weighted by atomic mass is 10.1. The summed E-state index contributed by atoms with van der Waals surface area (Å²) in [5, 5.41) is 16.5. The van der Waals surface area contributed by atoms with Crippen molar-refractivity contribution in [2.45, 2.75) is 38.0 Å². The smallest absolute Gasteiger partial charge is 0.233 e. The van der Waals surface area contributed by atoms with Crippen LogP contribution in [0.25, 0.3) is 0 Å². The first-order valence-corrected chi connectivity index (χ1v) is 8.79. The van der Waals surface area contributed by atoms with Gasteiger partial charge in [0.05, 0.1) is 18.4 Å². The first-order chi connectivity index (χ1) is 11.5. The molecule has 0 fully saturated rings. The summed E-state index contributed by atoms with van der Waals surface area (Å²) in [6, 6.07) is 7.73. The Morgan fingerprint density at radius 3 is 2.79 bits per heavy atom. The third kappa shape index (κ3) is 4.72. The minimum atomic E-state index is -0.213. The number of H-pyrrole nitrogens is 1. The molecular weight excluding hydrogens is 326 g/mol. The Morgan fingerprint density at radius 2 is 2.21 bits per heavy atom. The highest BCUT2D eigenvalue weighted by molar-refractivity contribution is 7.99. The zero-order valence-corrected chi connectivity index (χ0v) is 14.7. The van der Waals surface area contributed by atoms with Gasteiger partial charge in [0.15, 0.2) is 0 Å². The molecule has 0 aliphatic heterocycles. The summed E-state index contributed by atoms with van der Waals surface area (Å²) < 4.78 is 0. The number of anilines is 1. The molecule has 0 saturated carbocycles. The van der Waals surface area contributed by atoms with E-state index in [1.54, 1.807) is 4.90 Å². The molecule has 1 amide bonds. The minimum Gasteiger partial charge on any atom is -0.394 e. The second-order valence-electron chi connectivity index (χ2n) is 5.48. The van der Waals surface area contributed by atoms with Crippen molar-refractivity contribution in [2.75, 3.05) is 18.1 Å². The van der Waals surface area contributed by atoms with Crippen molar-refractivity contribution in [3.8, 4) is 0 Å². The number of nitrogens with two attached hydrogens (primary N) is 1. The van der Waals surface area contributed by atoms with Gasteiger partial charge in [-0.3, -0.25) is 4.79 Å². The lowest BCUT2D eigenvalue weighted by Crippen LogP contribution is -2.42. The summed E-state index contributed by atoms with van der Waals surface area (Å²) in [6.07, 6.45) is 0.687. The van der Waals surface area contributed by atoms with Crippen LogP contribution < -0.4 is 5.73 Å². The second kappa shape index (κ2) is 8.70. The van der Waals surface area contributed by atoms with Crippen LogP contribution in [0, 0.1) is 6.92 Å². The van der Waals surface area contributed by atoms with Crippen LogP contribution >= 0.6 is 11.8 Å². The van der Waals surface area contributed by atoms with Crippen LogP contribution in [0.2, 0.25) is 0 Å². The molecule has 1 heterocycles. The molecule has 24 heavy (non-hydrogen) atoms. The zero-order chi connectivity index (χ0) is 17.5. The van der Waals surface area contributed by atoms with Gasteiger partial charge in [-0.2, -0.15) is 4.98 Å². The predicted molar refractivity (Wildman–Crippen MR) is 94.4 cm³/mol. The van der Waals surface area contributed by atoms with Crippen LogP contribution in [-0.4, -0.2) is 49.5 Å².